The lowest BCUT2D eigenvalue weighted by molar-refractivity contribution is -0.132. The summed E-state index contributed by atoms with van der Waals surface area (Å²) in [5.41, 5.74) is 0. The van der Waals surface area contributed by atoms with Gasteiger partial charge in [0, 0.05) is 31.3 Å². The van der Waals surface area contributed by atoms with E-state index in [9.17, 15) is 4.79 Å². The fraction of sp³-hybridized carbons (Fsp3) is 0.917. The Balaban J connectivity index is 2.32. The molecule has 1 N–H and O–H groups in total. The van der Waals surface area contributed by atoms with Crippen LogP contribution in [0.5, 0.6) is 0 Å². The molecular weight excluding hydrogens is 220 g/mol. The number of carbonyl (C=O) groups excluding carboxylic acids is 1. The van der Waals surface area contributed by atoms with Crippen LogP contribution in [0.15, 0.2) is 0 Å². The zero-order chi connectivity index (χ0) is 12.0. The van der Waals surface area contributed by atoms with Gasteiger partial charge in [0.05, 0.1) is 0 Å². The number of carbonyl (C=O) groups is 1. The van der Waals surface area contributed by atoms with Crippen LogP contribution in [0.3, 0.4) is 0 Å². The molecule has 1 aliphatic carbocycles. The minimum Gasteiger partial charge on any atom is -0.343 e. The van der Waals surface area contributed by atoms with Crippen LogP contribution in [0.25, 0.3) is 0 Å². The molecule has 0 saturated heterocycles. The van der Waals surface area contributed by atoms with Gasteiger partial charge in [-0.15, -0.1) is 0 Å². The van der Waals surface area contributed by atoms with Crippen molar-refractivity contribution in [1.82, 2.24) is 10.2 Å². The van der Waals surface area contributed by atoms with Gasteiger partial charge in [-0.1, -0.05) is 0 Å². The highest BCUT2D eigenvalue weighted by molar-refractivity contribution is 7.98. The van der Waals surface area contributed by atoms with E-state index in [1.165, 1.54) is 12.8 Å². The molecule has 1 amide bonds. The first-order valence-electron chi connectivity index (χ1n) is 6.11. The van der Waals surface area contributed by atoms with Crippen LogP contribution in [0.1, 0.15) is 32.1 Å². The zero-order valence-corrected chi connectivity index (χ0v) is 11.5. The van der Waals surface area contributed by atoms with Crippen molar-refractivity contribution in [2.75, 3.05) is 26.1 Å². The van der Waals surface area contributed by atoms with Gasteiger partial charge in [-0.25, -0.2) is 0 Å². The Bertz CT molecular complexity index is 215. The van der Waals surface area contributed by atoms with Crippen LogP contribution in [0.2, 0.25) is 0 Å². The molecule has 0 aromatic carbocycles. The van der Waals surface area contributed by atoms with Crippen LogP contribution < -0.4 is 5.32 Å². The highest BCUT2D eigenvalue weighted by Crippen LogP contribution is 2.22. The molecule has 0 bridgehead atoms. The molecule has 0 spiro atoms. The Kier molecular flexibility index (Phi) is 6.21. The summed E-state index contributed by atoms with van der Waals surface area (Å²) >= 11 is 1.74. The smallest absolute Gasteiger partial charge is 0.223 e. The third kappa shape index (κ3) is 3.98. The van der Waals surface area contributed by atoms with Crippen molar-refractivity contribution >= 4 is 17.7 Å². The molecule has 1 rings (SSSR count). The minimum absolute atomic E-state index is 0.308. The number of nitrogens with zero attached hydrogens (tertiary/aromatic N) is 1. The molecule has 1 saturated carbocycles. The summed E-state index contributed by atoms with van der Waals surface area (Å²) in [6.45, 7) is 0. The van der Waals surface area contributed by atoms with Crippen molar-refractivity contribution in [2.45, 2.75) is 44.2 Å². The molecule has 3 nitrogen and oxygen atoms in total. The molecule has 1 aliphatic rings. The van der Waals surface area contributed by atoms with E-state index in [0.29, 0.717) is 24.4 Å². The van der Waals surface area contributed by atoms with E-state index in [-0.39, 0.29) is 0 Å². The normalized spacial score (nSPS) is 25.4. The first-order chi connectivity index (χ1) is 7.69. The molecule has 4 heteroatoms. The van der Waals surface area contributed by atoms with Crippen molar-refractivity contribution in [3.63, 3.8) is 0 Å². The number of hydrogen-bond donors (Lipinski definition) is 1. The molecule has 1 fully saturated rings. The highest BCUT2D eigenvalue weighted by Gasteiger charge is 2.25. The molecular formula is C12H24N2OS. The van der Waals surface area contributed by atoms with Gasteiger partial charge in [-0.2, -0.15) is 11.8 Å². The molecule has 0 aliphatic heterocycles. The van der Waals surface area contributed by atoms with Crippen LogP contribution in [0, 0.1) is 0 Å². The summed E-state index contributed by atoms with van der Waals surface area (Å²) in [5.74, 6) is 1.25. The maximum absolute atomic E-state index is 11.8. The number of thioether (sulfide) groups is 1. The Hall–Kier alpha value is -0.220. The number of hydrogen-bond acceptors (Lipinski definition) is 3. The second kappa shape index (κ2) is 7.17. The average Bonchev–Trinajstić information content (AvgIpc) is 2.35. The standard InChI is InChI=1S/C12H24N2OS/c1-13-10-4-6-11(7-5-10)14(2)12(15)8-9-16-3/h10-11,13H,4-9H2,1-3H3. The number of amides is 1. The van der Waals surface area contributed by atoms with Crippen molar-refractivity contribution in [3.8, 4) is 0 Å². The third-order valence-electron chi connectivity index (χ3n) is 3.57. The highest BCUT2D eigenvalue weighted by atomic mass is 32.2. The number of nitrogens with one attached hydrogen (secondary N) is 1. The molecule has 0 atom stereocenters. The van der Waals surface area contributed by atoms with E-state index >= 15 is 0 Å². The van der Waals surface area contributed by atoms with E-state index in [1.54, 1.807) is 11.8 Å². The van der Waals surface area contributed by atoms with Crippen molar-refractivity contribution in [2.24, 2.45) is 0 Å². The predicted molar refractivity (Wildman–Crippen MR) is 70.9 cm³/mol. The summed E-state index contributed by atoms with van der Waals surface area (Å²) < 4.78 is 0. The Morgan fingerprint density at radius 2 is 2.00 bits per heavy atom. The molecule has 94 valence electrons. The Morgan fingerprint density at radius 1 is 1.38 bits per heavy atom. The summed E-state index contributed by atoms with van der Waals surface area (Å²) in [6, 6.07) is 1.13. The second-order valence-corrected chi connectivity index (χ2v) is 5.53. The summed E-state index contributed by atoms with van der Waals surface area (Å²) in [6.07, 6.45) is 7.41. The molecule has 0 unspecified atom stereocenters. The molecule has 0 aromatic rings. The van der Waals surface area contributed by atoms with Gasteiger partial charge in [0.15, 0.2) is 0 Å². The van der Waals surface area contributed by atoms with Gasteiger partial charge in [0.2, 0.25) is 5.91 Å². The van der Waals surface area contributed by atoms with Gasteiger partial charge in [-0.05, 0) is 39.0 Å². The van der Waals surface area contributed by atoms with E-state index in [0.717, 1.165) is 18.6 Å². The molecule has 0 heterocycles. The lowest BCUT2D eigenvalue weighted by atomic mass is 9.90. The van der Waals surface area contributed by atoms with Crippen molar-refractivity contribution < 1.29 is 4.79 Å². The topological polar surface area (TPSA) is 32.3 Å². The SMILES string of the molecule is CNC1CCC(N(C)C(=O)CCSC)CC1. The van der Waals surface area contributed by atoms with E-state index in [4.69, 9.17) is 0 Å². The van der Waals surface area contributed by atoms with Crippen molar-refractivity contribution in [1.29, 1.82) is 0 Å². The summed E-state index contributed by atoms with van der Waals surface area (Å²) in [7, 11) is 3.99. The van der Waals surface area contributed by atoms with Crippen LogP contribution in [-0.2, 0) is 4.79 Å². The van der Waals surface area contributed by atoms with Gasteiger partial charge in [0.1, 0.15) is 0 Å². The average molecular weight is 244 g/mol. The number of rotatable bonds is 5. The summed E-state index contributed by atoms with van der Waals surface area (Å²) in [5, 5.41) is 3.32. The fourth-order valence-electron chi connectivity index (χ4n) is 2.32. The van der Waals surface area contributed by atoms with Crippen LogP contribution >= 0.6 is 11.8 Å². The lowest BCUT2D eigenvalue weighted by Crippen LogP contribution is -2.42. The zero-order valence-electron chi connectivity index (χ0n) is 10.7. The van der Waals surface area contributed by atoms with Gasteiger partial charge in [0.25, 0.3) is 0 Å². The Morgan fingerprint density at radius 3 is 2.50 bits per heavy atom. The van der Waals surface area contributed by atoms with Gasteiger partial charge in [-0.3, -0.25) is 4.79 Å². The van der Waals surface area contributed by atoms with E-state index < -0.39 is 0 Å². The maximum Gasteiger partial charge on any atom is 0.223 e. The van der Waals surface area contributed by atoms with E-state index in [2.05, 4.69) is 5.32 Å². The largest absolute Gasteiger partial charge is 0.343 e. The second-order valence-electron chi connectivity index (χ2n) is 4.54. The Labute approximate surface area is 103 Å². The molecule has 0 radical (unpaired) electrons. The first-order valence-corrected chi connectivity index (χ1v) is 7.50. The first kappa shape index (κ1) is 13.8. The van der Waals surface area contributed by atoms with Crippen molar-refractivity contribution in [3.05, 3.63) is 0 Å². The minimum atomic E-state index is 0.308. The predicted octanol–water partition coefficient (Wildman–Crippen LogP) is 1.73. The lowest BCUT2D eigenvalue weighted by Gasteiger charge is -2.34. The third-order valence-corrected chi connectivity index (χ3v) is 4.18. The van der Waals surface area contributed by atoms with Gasteiger partial charge < -0.3 is 10.2 Å². The quantitative estimate of drug-likeness (QED) is 0.799. The van der Waals surface area contributed by atoms with E-state index in [1.807, 2.05) is 25.3 Å². The monoisotopic (exact) mass is 244 g/mol. The van der Waals surface area contributed by atoms with Crippen LogP contribution in [0.4, 0.5) is 0 Å². The van der Waals surface area contributed by atoms with Crippen LogP contribution in [-0.4, -0.2) is 49.0 Å². The molecule has 16 heavy (non-hydrogen) atoms. The molecule has 0 aromatic heterocycles. The summed E-state index contributed by atoms with van der Waals surface area (Å²) in [4.78, 5) is 13.8. The maximum atomic E-state index is 11.8. The fourth-order valence-corrected chi connectivity index (χ4v) is 2.70. The van der Waals surface area contributed by atoms with Gasteiger partial charge >= 0.3 is 0 Å².